The Morgan fingerprint density at radius 3 is 0.964 bits per heavy atom. The van der Waals surface area contributed by atoms with Crippen LogP contribution in [-0.4, -0.2) is 29.8 Å². The van der Waals surface area contributed by atoms with Gasteiger partial charge in [-0.15, -0.1) is 69.3 Å². The first-order valence-electron chi connectivity index (χ1n) is 36.1. The maximum atomic E-state index is 11.9. The highest BCUT2D eigenvalue weighted by Crippen LogP contribution is 2.80. The van der Waals surface area contributed by atoms with E-state index in [1.54, 1.807) is 68.4 Å². The Morgan fingerprint density at radius 1 is 0.477 bits per heavy atom. The number of carbonyl (C=O) groups excluding carboxylic acids is 2. The van der Waals surface area contributed by atoms with Gasteiger partial charge in [0.1, 0.15) is 11.1 Å². The fourth-order valence-corrected chi connectivity index (χ4v) is 13.6. The van der Waals surface area contributed by atoms with Crippen molar-refractivity contribution in [2.45, 2.75) is 258 Å². The molecule has 0 bridgehead atoms. The van der Waals surface area contributed by atoms with Gasteiger partial charge in [-0.3, -0.25) is 0 Å². The number of hydrogen-bond acceptors (Lipinski definition) is 5. The zero-order valence-corrected chi connectivity index (χ0v) is 73.7. The van der Waals surface area contributed by atoms with Crippen LogP contribution in [0.1, 0.15) is 247 Å². The Balaban J connectivity index is -0.000000201. The van der Waals surface area contributed by atoms with Crippen LogP contribution in [0, 0.1) is 367 Å². The summed E-state index contributed by atoms with van der Waals surface area (Å²) in [6, 6.07) is 0. The van der Waals surface area contributed by atoms with Crippen molar-refractivity contribution in [1.29, 1.82) is 0 Å². The van der Waals surface area contributed by atoms with Crippen molar-refractivity contribution < 1.29 is 19.1 Å². The lowest BCUT2D eigenvalue weighted by molar-refractivity contribution is -0.147. The van der Waals surface area contributed by atoms with Gasteiger partial charge in [0, 0.05) is 5.92 Å². The highest BCUT2D eigenvalue weighted by atomic mass is 16.6. The molecule has 2 fully saturated rings. The van der Waals surface area contributed by atoms with E-state index in [9.17, 15) is 9.59 Å². The Hall–Kier alpha value is -12.1. The molecule has 0 saturated heterocycles. The monoisotopic (exact) mass is 1480 g/mol. The summed E-state index contributed by atoms with van der Waals surface area (Å²) in [6.45, 7) is 76.2. The predicted molar refractivity (Wildman–Crippen MR) is 476 cm³/mol. The quantitative estimate of drug-likeness (QED) is 0.109. The van der Waals surface area contributed by atoms with Gasteiger partial charge in [-0.25, -0.2) is 9.59 Å². The fraction of sp³-hybridized carbons (Fsp3) is 0.505. The van der Waals surface area contributed by atoms with Crippen molar-refractivity contribution in [3.05, 3.63) is 12.7 Å². The zero-order chi connectivity index (χ0) is 87.0. The van der Waals surface area contributed by atoms with Crippen LogP contribution in [0.5, 0.6) is 0 Å². The lowest BCUT2D eigenvalue weighted by atomic mass is 9.42. The summed E-state index contributed by atoms with van der Waals surface area (Å²) >= 11 is 0. The predicted octanol–water partition coefficient (Wildman–Crippen LogP) is 19.3. The summed E-state index contributed by atoms with van der Waals surface area (Å²) in [5.41, 5.74) is 0.801. The van der Waals surface area contributed by atoms with Gasteiger partial charge >= 0.3 is 12.1 Å². The minimum atomic E-state index is -0.986. The minimum Gasteiger partial charge on any atom is -0.464 e. The largest absolute Gasteiger partial charge is 0.464 e. The molecule has 1 amide bonds. The van der Waals surface area contributed by atoms with Crippen LogP contribution in [0.15, 0.2) is 12.7 Å². The third-order valence-corrected chi connectivity index (χ3v) is 18.8. The van der Waals surface area contributed by atoms with Gasteiger partial charge in [-0.05, 0) is 376 Å². The molecule has 111 heavy (non-hydrogen) atoms. The van der Waals surface area contributed by atoms with Gasteiger partial charge in [0.15, 0.2) is 0 Å². The lowest BCUT2D eigenvalue weighted by Crippen LogP contribution is -2.55. The van der Waals surface area contributed by atoms with E-state index in [2.05, 4.69) is 419 Å². The van der Waals surface area contributed by atoms with Gasteiger partial charge in [-0.2, -0.15) is 0 Å². The van der Waals surface area contributed by atoms with Crippen LogP contribution in [0.4, 0.5) is 4.79 Å². The molecule has 2 saturated carbocycles. The third kappa shape index (κ3) is 46.7. The molecular formula is C105H126N2O4. The Bertz CT molecular complexity index is 4400. The van der Waals surface area contributed by atoms with E-state index >= 15 is 0 Å². The van der Waals surface area contributed by atoms with Crippen molar-refractivity contribution in [2.75, 3.05) is 6.61 Å². The average Bonchev–Trinajstić information content (AvgIpc) is 1.50. The molecule has 0 aromatic heterocycles. The maximum absolute atomic E-state index is 11.9. The molecule has 0 unspecified atom stereocenters. The first kappa shape index (κ1) is 115. The normalized spacial score (nSPS) is 15.6. The number of amides is 1. The third-order valence-electron chi connectivity index (χ3n) is 18.8. The number of esters is 1. The van der Waals surface area contributed by atoms with E-state index in [0.717, 1.165) is 23.7 Å². The van der Waals surface area contributed by atoms with Crippen molar-refractivity contribution in [1.82, 2.24) is 11.5 Å². The lowest BCUT2D eigenvalue weighted by Gasteiger charge is -2.62. The zero-order valence-electron chi connectivity index (χ0n) is 73.7. The van der Waals surface area contributed by atoms with Gasteiger partial charge in [0.05, 0.1) is 6.61 Å². The van der Waals surface area contributed by atoms with Crippen LogP contribution in [0.3, 0.4) is 0 Å². The number of rotatable bonds is 13. The minimum absolute atomic E-state index is 0. The Morgan fingerprint density at radius 2 is 0.757 bits per heavy atom. The van der Waals surface area contributed by atoms with Crippen LogP contribution in [0.2, 0.25) is 0 Å². The molecule has 0 aromatic carbocycles. The number of alkyl carbamates (subject to hydrolysis) is 1. The van der Waals surface area contributed by atoms with E-state index in [0.29, 0.717) is 34.0 Å². The van der Waals surface area contributed by atoms with E-state index in [4.69, 9.17) is 35.2 Å². The molecule has 6 heteroatoms. The smallest absolute Gasteiger partial charge is 0.408 e. The summed E-state index contributed by atoms with van der Waals surface area (Å²) < 4.78 is 10.1. The summed E-state index contributed by atoms with van der Waals surface area (Å²) in [5, 5.41) is 2.60. The topological polar surface area (TPSA) is 99.6 Å². The van der Waals surface area contributed by atoms with E-state index in [1.807, 2.05) is 13.8 Å². The molecular weight excluding hydrogens is 1350 g/mol. The maximum Gasteiger partial charge on any atom is 0.408 e. The number of ether oxygens (including phenoxy) is 2. The molecule has 2 aliphatic carbocycles. The standard InChI is InChI=1S/C37H74.C13H21NO4.C13H4.C12H6.C11H4.C10H2.C4H6.C3H4.C2H2.H3N/c1-25(2)28(5)35(21)29(6)36(35,27(4)24-34(19,20)30(7,8)9)22-26(3)23-37(31(10,11)12,32(13,14)15)33(16,17)18;1-6-9-8-13(9,10(15)17-7-2)14-11(16)18-12(3,4)5;1-3-5-7-9-11-13-12-10-8-6-4-2;1-3-5-7-9-11-12-10-8-6-4-2;1-3-5-7-9-11-10-8-6-4-2;1-3-5-7-9-10-8-6-4-2;1-3-4-2;1-3-2;1-2;/h25-29H,22-24H2,1-21H3;6,9H,1,7-8H2,2-5H3,(H,14,16);1H,2H3;1-2H3;1H,2H3;1-2H;1-2H3;1H,2H3;1-2H;1H3/t26-,27-,28+,29+,35-,36+;9-,13-;;;;;;;;/m11......../s1. The van der Waals surface area contributed by atoms with Gasteiger partial charge in [-0.1, -0.05) is 175 Å². The highest BCUT2D eigenvalue weighted by molar-refractivity contribution is 5.90. The molecule has 8 atom stereocenters. The molecule has 2 rings (SSSR count). The molecule has 0 spiro atoms. The van der Waals surface area contributed by atoms with Gasteiger partial charge < -0.3 is 20.9 Å². The number of carbonyl (C=O) groups is 2. The molecule has 0 aromatic rings. The number of nitrogens with one attached hydrogen (secondary N) is 1. The van der Waals surface area contributed by atoms with Crippen molar-refractivity contribution >= 4 is 12.1 Å². The summed E-state index contributed by atoms with van der Waals surface area (Å²) in [6.07, 6.45) is 37.5. The summed E-state index contributed by atoms with van der Waals surface area (Å²) in [5.74, 6) is 104. The first-order valence-corrected chi connectivity index (χ1v) is 36.1. The van der Waals surface area contributed by atoms with Crippen LogP contribution in [-0.2, 0) is 14.3 Å². The molecule has 0 radical (unpaired) electrons. The van der Waals surface area contributed by atoms with Gasteiger partial charge in [0.2, 0.25) is 0 Å². The number of hydrogen-bond donors (Lipinski definition) is 2. The second-order valence-corrected chi connectivity index (χ2v) is 31.0. The molecule has 2 aliphatic rings. The molecule has 6 nitrogen and oxygen atoms in total. The second-order valence-electron chi connectivity index (χ2n) is 31.0. The van der Waals surface area contributed by atoms with E-state index in [-0.39, 0.29) is 40.3 Å². The molecule has 580 valence electrons. The highest BCUT2D eigenvalue weighted by Gasteiger charge is 2.75. The fourth-order valence-electron chi connectivity index (χ4n) is 13.6. The Kier molecular flexibility index (Phi) is 63.9. The number of terminal acetylenes is 6. The SMILES string of the molecule is C#C.C#CC.C#CC#CC#CC#CC#C.C#CC#CC#CC#CC#CC.C#CC#CC#CC#CC#CC#CC.C=C[C@@H]1C[C@]1(NC(=O)OC(C)(C)C)C(=O)OCC.CC#CC.CC#CC#CC#CC#CC#CC.CC(C)[C@H](C)[C@]1(C)[C@H](C)[C@]1(C[C@@H](C)CC(C(C)(C)C)(C(C)(C)C)C(C)(C)C)[C@H](C)CC(C)(C)C(C)(C)C.N. The molecule has 0 aliphatic heterocycles. The molecule has 4 N–H and O–H groups in total. The van der Waals surface area contributed by atoms with Crippen molar-refractivity contribution in [3.63, 3.8) is 0 Å². The van der Waals surface area contributed by atoms with Crippen molar-refractivity contribution in [2.24, 2.45) is 78.8 Å². The molecule has 0 heterocycles. The first-order chi connectivity index (χ1) is 51.2. The van der Waals surface area contributed by atoms with Crippen LogP contribution in [0.25, 0.3) is 0 Å². The Labute approximate surface area is 682 Å². The van der Waals surface area contributed by atoms with Crippen LogP contribution >= 0.6 is 0 Å². The summed E-state index contributed by atoms with van der Waals surface area (Å²) in [7, 11) is 0. The average molecular weight is 1480 g/mol. The van der Waals surface area contributed by atoms with Gasteiger partial charge in [0.25, 0.3) is 0 Å². The second kappa shape index (κ2) is 61.8. The summed E-state index contributed by atoms with van der Waals surface area (Å²) in [4.78, 5) is 23.6. The van der Waals surface area contributed by atoms with Crippen molar-refractivity contribution in [3.8, 4) is 288 Å². The van der Waals surface area contributed by atoms with E-state index < -0.39 is 23.2 Å². The van der Waals surface area contributed by atoms with Crippen LogP contribution < -0.4 is 11.5 Å². The van der Waals surface area contributed by atoms with E-state index in [1.165, 1.54) is 19.3 Å².